The third-order valence-electron chi connectivity index (χ3n) is 13.8. The van der Waals surface area contributed by atoms with E-state index in [4.69, 9.17) is 14.4 Å². The Morgan fingerprint density at radius 2 is 0.746 bits per heavy atom. The van der Waals surface area contributed by atoms with Crippen LogP contribution in [0.3, 0.4) is 0 Å². The fraction of sp³-hybridized carbons (Fsp3) is 0. The van der Waals surface area contributed by atoms with Gasteiger partial charge < -0.3 is 4.42 Å². The molecule has 12 aromatic carbocycles. The Hall–Kier alpha value is -8.92. The Bertz CT molecular complexity index is 4220. The van der Waals surface area contributed by atoms with Crippen LogP contribution in [-0.2, 0) is 0 Å². The van der Waals surface area contributed by atoms with Gasteiger partial charge in [-0.1, -0.05) is 188 Å². The molecular formula is C64H38N2O. The van der Waals surface area contributed by atoms with Crippen molar-refractivity contribution in [1.29, 1.82) is 0 Å². The number of para-hydroxylation sites is 1. The molecule has 14 rings (SSSR count). The fourth-order valence-electron chi connectivity index (χ4n) is 10.6. The lowest BCUT2D eigenvalue weighted by Gasteiger charge is -2.17. The summed E-state index contributed by atoms with van der Waals surface area (Å²) in [6, 6.07) is 83.0. The molecule has 0 N–H and O–H groups in total. The number of hydrogen-bond acceptors (Lipinski definition) is 3. The number of nitrogens with zero attached hydrogens (tertiary/aromatic N) is 2. The van der Waals surface area contributed by atoms with Crippen LogP contribution >= 0.6 is 0 Å². The molecule has 0 fully saturated rings. The van der Waals surface area contributed by atoms with Gasteiger partial charge in [0.05, 0.1) is 11.4 Å². The zero-order valence-corrected chi connectivity index (χ0v) is 36.2. The van der Waals surface area contributed by atoms with E-state index < -0.39 is 0 Å². The van der Waals surface area contributed by atoms with Crippen LogP contribution in [0.4, 0.5) is 0 Å². The molecule has 0 aliphatic rings. The molecule has 67 heavy (non-hydrogen) atoms. The molecule has 0 radical (unpaired) electrons. The molecule has 3 heteroatoms. The van der Waals surface area contributed by atoms with Crippen LogP contribution in [0.25, 0.3) is 143 Å². The van der Waals surface area contributed by atoms with E-state index in [1.165, 1.54) is 75.8 Å². The summed E-state index contributed by atoms with van der Waals surface area (Å²) >= 11 is 0. The molecule has 2 heterocycles. The average Bonchev–Trinajstić information content (AvgIpc) is 3.85. The summed E-state index contributed by atoms with van der Waals surface area (Å²) in [5.74, 6) is 1.51. The van der Waals surface area contributed by atoms with E-state index in [-0.39, 0.29) is 0 Å². The van der Waals surface area contributed by atoms with E-state index in [0.29, 0.717) is 5.82 Å². The Balaban J connectivity index is 0.875. The minimum Gasteiger partial charge on any atom is -0.456 e. The van der Waals surface area contributed by atoms with E-state index in [1.54, 1.807) is 0 Å². The summed E-state index contributed by atoms with van der Waals surface area (Å²) in [5.41, 5.74) is 11.2. The molecule has 0 bridgehead atoms. The SMILES string of the molecule is c1ccc(-c2nc(-c3ccc(-c4cccc(-c5cc6ccc7cccc8c9cccc%10ccc%11cccc(c(c5)c6c78)c%11c%109)c4)cc3)cc(-c3cccc(-c4cc5ccccc5o4)c3)n2)cc1. The highest BCUT2D eigenvalue weighted by atomic mass is 16.3. The van der Waals surface area contributed by atoms with Crippen LogP contribution in [0, 0.1) is 0 Å². The number of hydrogen-bond donors (Lipinski definition) is 0. The molecule has 2 aromatic heterocycles. The molecule has 3 nitrogen and oxygen atoms in total. The van der Waals surface area contributed by atoms with E-state index in [0.717, 1.165) is 61.5 Å². The zero-order valence-electron chi connectivity index (χ0n) is 36.2. The van der Waals surface area contributed by atoms with E-state index in [1.807, 2.05) is 36.4 Å². The third kappa shape index (κ3) is 6.13. The van der Waals surface area contributed by atoms with Crippen molar-refractivity contribution in [3.8, 4) is 67.5 Å². The zero-order chi connectivity index (χ0) is 44.0. The van der Waals surface area contributed by atoms with Crippen molar-refractivity contribution in [2.24, 2.45) is 0 Å². The Morgan fingerprint density at radius 3 is 1.43 bits per heavy atom. The maximum atomic E-state index is 6.26. The minimum absolute atomic E-state index is 0.682. The van der Waals surface area contributed by atoms with Crippen molar-refractivity contribution in [1.82, 2.24) is 9.97 Å². The highest BCUT2D eigenvalue weighted by molar-refractivity contribution is 6.37. The first-order valence-electron chi connectivity index (χ1n) is 22.9. The standard InChI is InChI=1S/C64H38N2O/c1-2-11-44(12-3-1)64-65-56(38-57(66-64)47-19-7-20-48(34-47)59-37-49-13-4-5-24-58(49)67-59)40-27-25-39(26-28-40)45-17-6-18-46(33-45)51-35-50-32-31-43-15-9-22-53-52-21-8-14-41-29-30-42-16-10-23-54(62(42)60(41)52)55(36-51)63(50)61(43)53/h1-38H. The van der Waals surface area contributed by atoms with Crippen LogP contribution in [0.1, 0.15) is 0 Å². The second-order valence-corrected chi connectivity index (χ2v) is 17.7. The molecule has 0 spiro atoms. The van der Waals surface area contributed by atoms with Crippen LogP contribution in [0.5, 0.6) is 0 Å². The lowest BCUT2D eigenvalue weighted by Crippen LogP contribution is -1.96. The molecule has 0 aliphatic heterocycles. The number of fused-ring (bicyclic) bond motifs is 3. The second kappa shape index (κ2) is 14.8. The second-order valence-electron chi connectivity index (χ2n) is 17.7. The van der Waals surface area contributed by atoms with Gasteiger partial charge in [-0.2, -0.15) is 0 Å². The van der Waals surface area contributed by atoms with Gasteiger partial charge >= 0.3 is 0 Å². The maximum absolute atomic E-state index is 6.26. The number of rotatable bonds is 6. The molecule has 0 aliphatic carbocycles. The van der Waals surface area contributed by atoms with Crippen LogP contribution < -0.4 is 0 Å². The van der Waals surface area contributed by atoms with Crippen molar-refractivity contribution < 1.29 is 4.42 Å². The van der Waals surface area contributed by atoms with E-state index in [9.17, 15) is 0 Å². The summed E-state index contributed by atoms with van der Waals surface area (Å²) in [7, 11) is 0. The lowest BCUT2D eigenvalue weighted by molar-refractivity contribution is 0.631. The van der Waals surface area contributed by atoms with Gasteiger partial charge in [0.2, 0.25) is 0 Å². The van der Waals surface area contributed by atoms with Gasteiger partial charge in [-0.15, -0.1) is 0 Å². The first-order valence-corrected chi connectivity index (χ1v) is 22.9. The summed E-state index contributed by atoms with van der Waals surface area (Å²) in [4.78, 5) is 10.3. The van der Waals surface area contributed by atoms with Gasteiger partial charge in [0.15, 0.2) is 5.82 Å². The summed E-state index contributed by atoms with van der Waals surface area (Å²) < 4.78 is 6.26. The van der Waals surface area contributed by atoms with Gasteiger partial charge in [0.1, 0.15) is 11.3 Å². The predicted octanol–water partition coefficient (Wildman–Crippen LogP) is 17.6. The summed E-state index contributed by atoms with van der Waals surface area (Å²) in [6.45, 7) is 0. The molecule has 0 amide bonds. The van der Waals surface area contributed by atoms with Gasteiger partial charge in [0, 0.05) is 27.6 Å². The molecule has 0 saturated heterocycles. The first-order chi connectivity index (χ1) is 33.2. The van der Waals surface area contributed by atoms with E-state index >= 15 is 0 Å². The molecule has 0 saturated carbocycles. The number of furan rings is 1. The highest BCUT2D eigenvalue weighted by Crippen LogP contribution is 2.45. The third-order valence-corrected chi connectivity index (χ3v) is 13.8. The van der Waals surface area contributed by atoms with Crippen LogP contribution in [0.15, 0.2) is 235 Å². The molecule has 0 atom stereocenters. The van der Waals surface area contributed by atoms with Gasteiger partial charge in [0.25, 0.3) is 0 Å². The van der Waals surface area contributed by atoms with Crippen molar-refractivity contribution in [2.45, 2.75) is 0 Å². The smallest absolute Gasteiger partial charge is 0.160 e. The van der Waals surface area contributed by atoms with E-state index in [2.05, 4.69) is 194 Å². The van der Waals surface area contributed by atoms with Crippen LogP contribution in [0.2, 0.25) is 0 Å². The van der Waals surface area contributed by atoms with Crippen molar-refractivity contribution in [3.05, 3.63) is 231 Å². The number of aromatic nitrogens is 2. The van der Waals surface area contributed by atoms with Gasteiger partial charge in [-0.25, -0.2) is 9.97 Å². The molecular weight excluding hydrogens is 813 g/mol. The van der Waals surface area contributed by atoms with Gasteiger partial charge in [-0.3, -0.25) is 0 Å². The van der Waals surface area contributed by atoms with Crippen molar-refractivity contribution in [2.75, 3.05) is 0 Å². The Kier molecular flexibility index (Phi) is 8.28. The fourth-order valence-corrected chi connectivity index (χ4v) is 10.6. The molecule has 14 aromatic rings. The summed E-state index contributed by atoms with van der Waals surface area (Å²) in [6.07, 6.45) is 0. The predicted molar refractivity (Wildman–Crippen MR) is 281 cm³/mol. The largest absolute Gasteiger partial charge is 0.456 e. The average molecular weight is 851 g/mol. The van der Waals surface area contributed by atoms with Crippen molar-refractivity contribution >= 4 is 75.6 Å². The monoisotopic (exact) mass is 850 g/mol. The Morgan fingerprint density at radius 1 is 0.254 bits per heavy atom. The minimum atomic E-state index is 0.682. The van der Waals surface area contributed by atoms with Gasteiger partial charge in [-0.05, 0) is 129 Å². The molecule has 0 unspecified atom stereocenters. The first kappa shape index (κ1) is 37.5. The topological polar surface area (TPSA) is 38.9 Å². The lowest BCUT2D eigenvalue weighted by atomic mass is 9.86. The molecule has 310 valence electrons. The maximum Gasteiger partial charge on any atom is 0.160 e. The Labute approximate surface area is 386 Å². The highest BCUT2D eigenvalue weighted by Gasteiger charge is 2.18. The number of benzene rings is 11. The van der Waals surface area contributed by atoms with Crippen molar-refractivity contribution in [3.63, 3.8) is 0 Å². The quantitative estimate of drug-likeness (QED) is 0.156. The normalized spacial score (nSPS) is 11.9. The van der Waals surface area contributed by atoms with Crippen LogP contribution in [-0.4, -0.2) is 9.97 Å². The summed E-state index contributed by atoms with van der Waals surface area (Å²) in [5, 5.41) is 16.5.